The Labute approximate surface area is 148 Å². The van der Waals surface area contributed by atoms with Crippen molar-refractivity contribution >= 4 is 22.7 Å². The lowest BCUT2D eigenvalue weighted by Gasteiger charge is -2.19. The Morgan fingerprint density at radius 3 is 2.64 bits per heavy atom. The maximum atomic E-state index is 11.6. The Kier molecular flexibility index (Phi) is 5.48. The number of aliphatic carboxylic acids is 1. The highest BCUT2D eigenvalue weighted by molar-refractivity contribution is 5.90. The van der Waals surface area contributed by atoms with Crippen molar-refractivity contribution in [3.05, 3.63) is 30.1 Å². The molecular formula is C19H26N4O2. The molecule has 25 heavy (non-hydrogen) atoms. The van der Waals surface area contributed by atoms with Gasteiger partial charge in [-0.05, 0) is 50.4 Å². The number of carboxylic acids is 1. The summed E-state index contributed by atoms with van der Waals surface area (Å²) in [6.07, 6.45) is 2.98. The van der Waals surface area contributed by atoms with Gasteiger partial charge in [0.2, 0.25) is 0 Å². The summed E-state index contributed by atoms with van der Waals surface area (Å²) in [5.74, 6) is 0.799. The standard InChI is InChI=1S/C19H26N4O2/c1-13(2)11-16(19(24)25)21-18-14-7-3-4-8-15(14)20-17(22-18)12-23-9-5-6-10-23/h3-4,7-8,13,16H,5-6,9-12H2,1-2H3,(H,24,25)(H,20,21,22). The van der Waals surface area contributed by atoms with Crippen molar-refractivity contribution in [1.29, 1.82) is 0 Å². The predicted octanol–water partition coefficient (Wildman–Crippen LogP) is 3.14. The van der Waals surface area contributed by atoms with E-state index in [1.165, 1.54) is 12.8 Å². The number of fused-ring (bicyclic) bond motifs is 1. The Hall–Kier alpha value is -2.21. The van der Waals surface area contributed by atoms with Crippen molar-refractivity contribution < 1.29 is 9.90 Å². The summed E-state index contributed by atoms with van der Waals surface area (Å²) in [4.78, 5) is 23.3. The Balaban J connectivity index is 1.92. The molecule has 1 aliphatic heterocycles. The normalized spacial score (nSPS) is 16.4. The number of nitrogens with one attached hydrogen (secondary N) is 1. The zero-order valence-electron chi connectivity index (χ0n) is 14.9. The fourth-order valence-corrected chi connectivity index (χ4v) is 3.30. The van der Waals surface area contributed by atoms with Crippen LogP contribution < -0.4 is 5.32 Å². The van der Waals surface area contributed by atoms with Crippen LogP contribution in [0.5, 0.6) is 0 Å². The van der Waals surface area contributed by atoms with Crippen LogP contribution in [0.25, 0.3) is 10.9 Å². The molecule has 0 aliphatic carbocycles. The molecule has 2 N–H and O–H groups in total. The summed E-state index contributed by atoms with van der Waals surface area (Å²) in [5, 5.41) is 13.6. The van der Waals surface area contributed by atoms with Gasteiger partial charge in [0.1, 0.15) is 17.7 Å². The topological polar surface area (TPSA) is 78.4 Å². The van der Waals surface area contributed by atoms with Gasteiger partial charge in [-0.1, -0.05) is 26.0 Å². The first-order valence-electron chi connectivity index (χ1n) is 9.00. The number of aromatic nitrogens is 2. The third-order valence-electron chi connectivity index (χ3n) is 4.53. The van der Waals surface area contributed by atoms with E-state index >= 15 is 0 Å². The number of hydrogen-bond acceptors (Lipinski definition) is 5. The summed E-state index contributed by atoms with van der Waals surface area (Å²) in [6, 6.07) is 7.11. The van der Waals surface area contributed by atoms with E-state index in [1.807, 2.05) is 38.1 Å². The van der Waals surface area contributed by atoms with Crippen LogP contribution in [0.2, 0.25) is 0 Å². The van der Waals surface area contributed by atoms with Crippen molar-refractivity contribution in [2.24, 2.45) is 5.92 Å². The molecule has 0 amide bonds. The van der Waals surface area contributed by atoms with E-state index in [1.54, 1.807) is 0 Å². The second kappa shape index (κ2) is 7.78. The number of carbonyl (C=O) groups is 1. The monoisotopic (exact) mass is 342 g/mol. The highest BCUT2D eigenvalue weighted by Crippen LogP contribution is 2.23. The molecule has 0 radical (unpaired) electrons. The molecule has 1 unspecified atom stereocenters. The van der Waals surface area contributed by atoms with Crippen molar-refractivity contribution in [3.8, 4) is 0 Å². The second-order valence-electron chi connectivity index (χ2n) is 7.15. The molecule has 1 aromatic heterocycles. The second-order valence-corrected chi connectivity index (χ2v) is 7.15. The van der Waals surface area contributed by atoms with Crippen molar-refractivity contribution in [2.75, 3.05) is 18.4 Å². The number of nitrogens with zero attached hydrogens (tertiary/aromatic N) is 3. The predicted molar refractivity (Wildman–Crippen MR) is 98.6 cm³/mol. The minimum Gasteiger partial charge on any atom is -0.480 e. The molecule has 6 nitrogen and oxygen atoms in total. The van der Waals surface area contributed by atoms with Crippen molar-refractivity contribution in [2.45, 2.75) is 45.7 Å². The van der Waals surface area contributed by atoms with E-state index in [0.29, 0.717) is 18.8 Å². The van der Waals surface area contributed by atoms with E-state index in [2.05, 4.69) is 20.2 Å². The van der Waals surface area contributed by atoms with Gasteiger partial charge in [0.05, 0.1) is 12.1 Å². The summed E-state index contributed by atoms with van der Waals surface area (Å²) < 4.78 is 0. The van der Waals surface area contributed by atoms with Gasteiger partial charge in [0.25, 0.3) is 0 Å². The Bertz CT molecular complexity index is 741. The molecule has 2 heterocycles. The lowest BCUT2D eigenvalue weighted by Crippen LogP contribution is -2.31. The quantitative estimate of drug-likeness (QED) is 0.805. The maximum absolute atomic E-state index is 11.6. The molecule has 134 valence electrons. The molecule has 0 spiro atoms. The molecule has 1 aromatic carbocycles. The Morgan fingerprint density at radius 2 is 1.96 bits per heavy atom. The van der Waals surface area contributed by atoms with Gasteiger partial charge in [-0.15, -0.1) is 0 Å². The highest BCUT2D eigenvalue weighted by atomic mass is 16.4. The number of anilines is 1. The third-order valence-corrected chi connectivity index (χ3v) is 4.53. The van der Waals surface area contributed by atoms with Crippen LogP contribution in [0.3, 0.4) is 0 Å². The van der Waals surface area contributed by atoms with E-state index < -0.39 is 12.0 Å². The summed E-state index contributed by atoms with van der Waals surface area (Å²) >= 11 is 0. The van der Waals surface area contributed by atoms with Gasteiger partial charge < -0.3 is 10.4 Å². The van der Waals surface area contributed by atoms with E-state index in [4.69, 9.17) is 0 Å². The molecule has 6 heteroatoms. The summed E-state index contributed by atoms with van der Waals surface area (Å²) in [5.41, 5.74) is 0.850. The van der Waals surface area contributed by atoms with Crippen LogP contribution in [0.1, 0.15) is 38.9 Å². The van der Waals surface area contributed by atoms with Crippen LogP contribution in [-0.4, -0.2) is 45.1 Å². The fraction of sp³-hybridized carbons (Fsp3) is 0.526. The lowest BCUT2D eigenvalue weighted by atomic mass is 10.0. The van der Waals surface area contributed by atoms with E-state index in [-0.39, 0.29) is 5.92 Å². The largest absolute Gasteiger partial charge is 0.480 e. The highest BCUT2D eigenvalue weighted by Gasteiger charge is 2.21. The minimum absolute atomic E-state index is 0.283. The molecule has 0 saturated carbocycles. The van der Waals surface area contributed by atoms with Gasteiger partial charge in [0.15, 0.2) is 0 Å². The van der Waals surface area contributed by atoms with Crippen LogP contribution >= 0.6 is 0 Å². The van der Waals surface area contributed by atoms with Crippen molar-refractivity contribution in [1.82, 2.24) is 14.9 Å². The Morgan fingerprint density at radius 1 is 1.24 bits per heavy atom. The van der Waals surface area contributed by atoms with Gasteiger partial charge in [-0.2, -0.15) is 0 Å². The summed E-state index contributed by atoms with van der Waals surface area (Å²) in [6.45, 7) is 6.90. The minimum atomic E-state index is -0.850. The van der Waals surface area contributed by atoms with Gasteiger partial charge in [-0.25, -0.2) is 14.8 Å². The lowest BCUT2D eigenvalue weighted by molar-refractivity contribution is -0.138. The smallest absolute Gasteiger partial charge is 0.326 e. The first-order valence-corrected chi connectivity index (χ1v) is 9.00. The number of rotatable bonds is 7. The molecule has 1 aliphatic rings. The molecule has 2 aromatic rings. The fourth-order valence-electron chi connectivity index (χ4n) is 3.30. The average Bonchev–Trinajstić information content (AvgIpc) is 3.06. The van der Waals surface area contributed by atoms with Gasteiger partial charge in [0, 0.05) is 5.39 Å². The van der Waals surface area contributed by atoms with Crippen LogP contribution in [-0.2, 0) is 11.3 Å². The first kappa shape index (κ1) is 17.6. The molecule has 1 saturated heterocycles. The average molecular weight is 342 g/mol. The molecule has 0 bridgehead atoms. The zero-order chi connectivity index (χ0) is 17.8. The summed E-state index contributed by atoms with van der Waals surface area (Å²) in [7, 11) is 0. The van der Waals surface area contributed by atoms with Gasteiger partial charge in [-0.3, -0.25) is 4.90 Å². The maximum Gasteiger partial charge on any atom is 0.326 e. The number of benzene rings is 1. The molecule has 1 atom stereocenters. The molecular weight excluding hydrogens is 316 g/mol. The van der Waals surface area contributed by atoms with Crippen LogP contribution in [0, 0.1) is 5.92 Å². The number of carboxylic acid groups (broad SMARTS) is 1. The van der Waals surface area contributed by atoms with E-state index in [0.717, 1.165) is 29.8 Å². The van der Waals surface area contributed by atoms with E-state index in [9.17, 15) is 9.90 Å². The SMILES string of the molecule is CC(C)CC(Nc1nc(CN2CCCC2)nc2ccccc12)C(=O)O. The third kappa shape index (κ3) is 4.45. The number of para-hydroxylation sites is 1. The number of likely N-dealkylation sites (tertiary alicyclic amines) is 1. The van der Waals surface area contributed by atoms with Crippen LogP contribution in [0.15, 0.2) is 24.3 Å². The number of hydrogen-bond donors (Lipinski definition) is 2. The van der Waals surface area contributed by atoms with Crippen LogP contribution in [0.4, 0.5) is 5.82 Å². The first-order chi connectivity index (χ1) is 12.0. The zero-order valence-corrected chi connectivity index (χ0v) is 14.9. The molecule has 3 rings (SSSR count). The van der Waals surface area contributed by atoms with Gasteiger partial charge >= 0.3 is 5.97 Å². The molecule has 1 fully saturated rings. The van der Waals surface area contributed by atoms with Crippen molar-refractivity contribution in [3.63, 3.8) is 0 Å².